The minimum Gasteiger partial charge on any atom is -0.376 e. The maximum absolute atomic E-state index is 11.4. The second-order valence-corrected chi connectivity index (χ2v) is 6.56. The van der Waals surface area contributed by atoms with Crippen molar-refractivity contribution in [2.24, 2.45) is 0 Å². The molecule has 0 fully saturated rings. The number of nitrogens with zero attached hydrogens (tertiary/aromatic N) is 2. The minimum absolute atomic E-state index is 0.536. The SMILES string of the molecule is CCCn1ccnc1CNc1ccccc1NS(C)(=O)=O. The van der Waals surface area contributed by atoms with Crippen LogP contribution in [0.15, 0.2) is 36.7 Å². The molecule has 1 aromatic heterocycles. The number of hydrogen-bond donors (Lipinski definition) is 2. The van der Waals surface area contributed by atoms with E-state index in [2.05, 4.69) is 26.5 Å². The van der Waals surface area contributed by atoms with E-state index in [1.807, 2.05) is 18.3 Å². The Labute approximate surface area is 125 Å². The van der Waals surface area contributed by atoms with E-state index in [9.17, 15) is 8.42 Å². The number of benzene rings is 1. The van der Waals surface area contributed by atoms with Crippen LogP contribution >= 0.6 is 0 Å². The van der Waals surface area contributed by atoms with Crippen LogP contribution in [0.5, 0.6) is 0 Å². The van der Waals surface area contributed by atoms with Gasteiger partial charge in [0, 0.05) is 18.9 Å². The van der Waals surface area contributed by atoms with E-state index in [4.69, 9.17) is 0 Å². The summed E-state index contributed by atoms with van der Waals surface area (Å²) in [7, 11) is -3.30. The number of hydrogen-bond acceptors (Lipinski definition) is 4. The van der Waals surface area contributed by atoms with Gasteiger partial charge in [-0.15, -0.1) is 0 Å². The molecule has 114 valence electrons. The van der Waals surface area contributed by atoms with E-state index in [0.717, 1.165) is 30.7 Å². The zero-order valence-corrected chi connectivity index (χ0v) is 13.0. The molecule has 0 bridgehead atoms. The lowest BCUT2D eigenvalue weighted by Gasteiger charge is -2.13. The van der Waals surface area contributed by atoms with Crippen LogP contribution in [-0.2, 0) is 23.1 Å². The monoisotopic (exact) mass is 308 g/mol. The van der Waals surface area contributed by atoms with Crippen LogP contribution in [0.1, 0.15) is 19.2 Å². The number of rotatable bonds is 7. The Bertz CT molecular complexity index is 695. The highest BCUT2D eigenvalue weighted by Crippen LogP contribution is 2.22. The Hall–Kier alpha value is -2.02. The van der Waals surface area contributed by atoms with Crippen molar-refractivity contribution >= 4 is 21.4 Å². The lowest BCUT2D eigenvalue weighted by molar-refractivity contribution is 0.607. The van der Waals surface area contributed by atoms with E-state index >= 15 is 0 Å². The van der Waals surface area contributed by atoms with Gasteiger partial charge in [-0.25, -0.2) is 13.4 Å². The van der Waals surface area contributed by atoms with Gasteiger partial charge in [0.25, 0.3) is 0 Å². The van der Waals surface area contributed by atoms with Crippen LogP contribution in [0.2, 0.25) is 0 Å². The molecule has 2 N–H and O–H groups in total. The fraction of sp³-hybridized carbons (Fsp3) is 0.357. The summed E-state index contributed by atoms with van der Waals surface area (Å²) in [6.45, 7) is 3.57. The lowest BCUT2D eigenvalue weighted by atomic mass is 10.2. The molecule has 7 heteroatoms. The van der Waals surface area contributed by atoms with E-state index in [-0.39, 0.29) is 0 Å². The fourth-order valence-corrected chi connectivity index (χ4v) is 2.63. The van der Waals surface area contributed by atoms with E-state index < -0.39 is 10.0 Å². The summed E-state index contributed by atoms with van der Waals surface area (Å²) in [5.74, 6) is 0.922. The predicted molar refractivity (Wildman–Crippen MR) is 84.8 cm³/mol. The molecule has 0 radical (unpaired) electrons. The smallest absolute Gasteiger partial charge is 0.229 e. The third kappa shape index (κ3) is 4.49. The van der Waals surface area contributed by atoms with Crippen molar-refractivity contribution in [3.63, 3.8) is 0 Å². The summed E-state index contributed by atoms with van der Waals surface area (Å²) in [6.07, 6.45) is 5.89. The van der Waals surface area contributed by atoms with Gasteiger partial charge < -0.3 is 9.88 Å². The number of imidazole rings is 1. The molecule has 1 heterocycles. The highest BCUT2D eigenvalue weighted by atomic mass is 32.2. The van der Waals surface area contributed by atoms with Crippen LogP contribution in [-0.4, -0.2) is 24.2 Å². The molecule has 0 aliphatic heterocycles. The summed E-state index contributed by atoms with van der Waals surface area (Å²) < 4.78 is 27.3. The second-order valence-electron chi connectivity index (χ2n) is 4.81. The second kappa shape index (κ2) is 6.62. The Morgan fingerprint density at radius 2 is 1.95 bits per heavy atom. The molecule has 0 saturated heterocycles. The number of para-hydroxylation sites is 2. The maximum atomic E-state index is 11.4. The van der Waals surface area contributed by atoms with Gasteiger partial charge in [-0.1, -0.05) is 19.1 Å². The summed E-state index contributed by atoms with van der Waals surface area (Å²) in [5.41, 5.74) is 1.27. The minimum atomic E-state index is -3.30. The first kappa shape index (κ1) is 15.4. The van der Waals surface area contributed by atoms with Gasteiger partial charge >= 0.3 is 0 Å². The molecule has 0 saturated carbocycles. The lowest BCUT2D eigenvalue weighted by Crippen LogP contribution is -2.13. The number of aryl methyl sites for hydroxylation is 1. The first-order valence-electron chi connectivity index (χ1n) is 6.80. The molecule has 0 aliphatic carbocycles. The van der Waals surface area contributed by atoms with Gasteiger partial charge in [0.05, 0.1) is 24.2 Å². The van der Waals surface area contributed by atoms with E-state index in [1.54, 1.807) is 18.3 Å². The number of anilines is 2. The number of aromatic nitrogens is 2. The summed E-state index contributed by atoms with van der Waals surface area (Å²) in [5, 5.41) is 3.23. The highest BCUT2D eigenvalue weighted by molar-refractivity contribution is 7.92. The van der Waals surface area contributed by atoms with Crippen LogP contribution in [0.3, 0.4) is 0 Å². The van der Waals surface area contributed by atoms with Crippen molar-refractivity contribution in [3.8, 4) is 0 Å². The van der Waals surface area contributed by atoms with Crippen LogP contribution in [0, 0.1) is 0 Å². The molecule has 0 spiro atoms. The van der Waals surface area contributed by atoms with Gasteiger partial charge in [-0.3, -0.25) is 4.72 Å². The first-order valence-corrected chi connectivity index (χ1v) is 8.69. The Balaban J connectivity index is 2.11. The molecule has 2 aromatic rings. The van der Waals surface area contributed by atoms with Crippen molar-refractivity contribution in [2.45, 2.75) is 26.4 Å². The number of sulfonamides is 1. The van der Waals surface area contributed by atoms with Crippen molar-refractivity contribution < 1.29 is 8.42 Å². The van der Waals surface area contributed by atoms with E-state index in [1.165, 1.54) is 0 Å². The Morgan fingerprint density at radius 3 is 2.62 bits per heavy atom. The van der Waals surface area contributed by atoms with Crippen LogP contribution in [0.25, 0.3) is 0 Å². The van der Waals surface area contributed by atoms with Crippen molar-refractivity contribution in [1.82, 2.24) is 9.55 Å². The van der Waals surface area contributed by atoms with Crippen molar-refractivity contribution in [2.75, 3.05) is 16.3 Å². The topological polar surface area (TPSA) is 76.0 Å². The largest absolute Gasteiger partial charge is 0.376 e. The van der Waals surface area contributed by atoms with Crippen molar-refractivity contribution in [3.05, 3.63) is 42.5 Å². The summed E-state index contributed by atoms with van der Waals surface area (Å²) in [6, 6.07) is 7.20. The van der Waals surface area contributed by atoms with Gasteiger partial charge in [-0.05, 0) is 18.6 Å². The molecule has 0 atom stereocenters. The zero-order chi connectivity index (χ0) is 15.3. The molecule has 1 aromatic carbocycles. The molecular formula is C14H20N4O2S. The molecular weight excluding hydrogens is 288 g/mol. The van der Waals surface area contributed by atoms with Gasteiger partial charge in [0.2, 0.25) is 10.0 Å². The van der Waals surface area contributed by atoms with Gasteiger partial charge in [0.1, 0.15) is 5.82 Å². The normalized spacial score (nSPS) is 11.3. The Kier molecular flexibility index (Phi) is 4.85. The molecule has 0 aliphatic rings. The van der Waals surface area contributed by atoms with E-state index in [0.29, 0.717) is 12.2 Å². The average molecular weight is 308 g/mol. The molecule has 6 nitrogen and oxygen atoms in total. The van der Waals surface area contributed by atoms with Gasteiger partial charge in [0.15, 0.2) is 0 Å². The number of nitrogens with one attached hydrogen (secondary N) is 2. The van der Waals surface area contributed by atoms with Crippen LogP contribution in [0.4, 0.5) is 11.4 Å². The molecule has 2 rings (SSSR count). The van der Waals surface area contributed by atoms with Gasteiger partial charge in [-0.2, -0.15) is 0 Å². The third-order valence-corrected chi connectivity index (χ3v) is 3.52. The predicted octanol–water partition coefficient (Wildman–Crippen LogP) is 2.28. The third-order valence-electron chi connectivity index (χ3n) is 2.93. The molecule has 0 amide bonds. The summed E-state index contributed by atoms with van der Waals surface area (Å²) >= 11 is 0. The summed E-state index contributed by atoms with van der Waals surface area (Å²) in [4.78, 5) is 4.32. The van der Waals surface area contributed by atoms with Crippen molar-refractivity contribution in [1.29, 1.82) is 0 Å². The highest BCUT2D eigenvalue weighted by Gasteiger charge is 2.08. The first-order chi connectivity index (χ1) is 9.99. The quantitative estimate of drug-likeness (QED) is 0.823. The molecule has 21 heavy (non-hydrogen) atoms. The standard InChI is InChI=1S/C14H20N4O2S/c1-3-9-18-10-8-15-14(18)11-16-12-6-4-5-7-13(12)17-21(2,19)20/h4-8,10,16-17H,3,9,11H2,1-2H3. The average Bonchev–Trinajstić information content (AvgIpc) is 2.84. The maximum Gasteiger partial charge on any atom is 0.229 e. The Morgan fingerprint density at radius 1 is 1.24 bits per heavy atom. The van der Waals surface area contributed by atoms with Crippen LogP contribution < -0.4 is 10.0 Å². The zero-order valence-electron chi connectivity index (χ0n) is 12.2. The fourth-order valence-electron chi connectivity index (χ4n) is 2.05. The molecule has 0 unspecified atom stereocenters.